The van der Waals surface area contributed by atoms with Crippen molar-refractivity contribution >= 4 is 23.1 Å². The second-order valence-electron chi connectivity index (χ2n) is 4.61. The lowest BCUT2D eigenvalue weighted by atomic mass is 10.1. The Morgan fingerprint density at radius 2 is 2.10 bits per heavy atom. The minimum atomic E-state index is -0.235. The zero-order valence-electron chi connectivity index (χ0n) is 11.4. The van der Waals surface area contributed by atoms with Crippen molar-refractivity contribution in [3.63, 3.8) is 0 Å². The minimum Gasteiger partial charge on any atom is -0.409 e. The maximum absolute atomic E-state index is 13.2. The van der Waals surface area contributed by atoms with Crippen LogP contribution in [0.3, 0.4) is 0 Å². The lowest BCUT2D eigenvalue weighted by Crippen LogP contribution is -2.13. The molecule has 0 aliphatic rings. The highest BCUT2D eigenvalue weighted by Gasteiger charge is 2.06. The molecule has 0 saturated heterocycles. The third kappa shape index (κ3) is 3.64. The Morgan fingerprint density at radius 3 is 2.71 bits per heavy atom. The number of nitrogens with one attached hydrogen (secondary N) is 1. The summed E-state index contributed by atoms with van der Waals surface area (Å²) in [6, 6.07) is 9.95. The Labute approximate surface area is 127 Å². The van der Waals surface area contributed by atoms with Gasteiger partial charge in [0, 0.05) is 22.8 Å². The molecular formula is C15H15ClFN3O. The van der Waals surface area contributed by atoms with Crippen LogP contribution in [0.4, 0.5) is 10.1 Å². The number of halogens is 2. The number of anilines is 1. The van der Waals surface area contributed by atoms with Crippen LogP contribution >= 0.6 is 11.6 Å². The van der Waals surface area contributed by atoms with E-state index in [1.165, 1.54) is 6.07 Å². The van der Waals surface area contributed by atoms with Crippen LogP contribution in [-0.4, -0.2) is 11.0 Å². The van der Waals surface area contributed by atoms with Crippen LogP contribution < -0.4 is 11.1 Å². The van der Waals surface area contributed by atoms with E-state index in [1.54, 1.807) is 37.3 Å². The molecule has 2 rings (SSSR count). The van der Waals surface area contributed by atoms with E-state index in [-0.39, 0.29) is 11.7 Å². The van der Waals surface area contributed by atoms with Crippen molar-refractivity contribution in [1.82, 2.24) is 0 Å². The van der Waals surface area contributed by atoms with Crippen molar-refractivity contribution in [2.75, 3.05) is 5.32 Å². The molecule has 21 heavy (non-hydrogen) atoms. The molecule has 4 N–H and O–H groups in total. The number of rotatable bonds is 4. The van der Waals surface area contributed by atoms with E-state index in [1.807, 2.05) is 0 Å². The van der Waals surface area contributed by atoms with Gasteiger partial charge in [-0.1, -0.05) is 28.9 Å². The van der Waals surface area contributed by atoms with Gasteiger partial charge < -0.3 is 16.3 Å². The molecule has 4 nitrogen and oxygen atoms in total. The number of aryl methyl sites for hydroxylation is 1. The summed E-state index contributed by atoms with van der Waals surface area (Å²) >= 11 is 6.16. The quantitative estimate of drug-likeness (QED) is 0.350. The maximum atomic E-state index is 13.2. The van der Waals surface area contributed by atoms with E-state index < -0.39 is 0 Å². The number of benzene rings is 2. The maximum Gasteiger partial charge on any atom is 0.170 e. The van der Waals surface area contributed by atoms with Crippen LogP contribution in [-0.2, 0) is 6.54 Å². The van der Waals surface area contributed by atoms with Gasteiger partial charge >= 0.3 is 0 Å². The molecule has 6 heteroatoms. The number of amidine groups is 1. The summed E-state index contributed by atoms with van der Waals surface area (Å²) in [6.07, 6.45) is 0. The Hall–Kier alpha value is -2.27. The highest BCUT2D eigenvalue weighted by molar-refractivity contribution is 6.31. The standard InChI is InChI=1S/C15H15ClFN3O/c1-9-6-12(4-5-14(9)17)19-8-11-3-2-10(7-13(11)16)15(18)20-21/h2-7,19,21H,8H2,1H3,(H2,18,20). The molecule has 0 aliphatic carbocycles. The number of hydrogen-bond acceptors (Lipinski definition) is 3. The largest absolute Gasteiger partial charge is 0.409 e. The molecule has 0 spiro atoms. The van der Waals surface area contributed by atoms with Gasteiger partial charge in [-0.15, -0.1) is 0 Å². The van der Waals surface area contributed by atoms with Gasteiger partial charge in [0.25, 0.3) is 0 Å². The fraction of sp³-hybridized carbons (Fsp3) is 0.133. The zero-order valence-corrected chi connectivity index (χ0v) is 12.2. The topological polar surface area (TPSA) is 70.6 Å². The smallest absolute Gasteiger partial charge is 0.170 e. The van der Waals surface area contributed by atoms with Crippen molar-refractivity contribution in [3.05, 3.63) is 63.9 Å². The predicted molar refractivity (Wildman–Crippen MR) is 82.4 cm³/mol. The van der Waals surface area contributed by atoms with E-state index >= 15 is 0 Å². The molecule has 110 valence electrons. The number of hydrogen-bond donors (Lipinski definition) is 3. The highest BCUT2D eigenvalue weighted by atomic mass is 35.5. The number of nitrogens with zero attached hydrogens (tertiary/aromatic N) is 1. The Kier molecular flexibility index (Phi) is 4.65. The Morgan fingerprint density at radius 1 is 1.33 bits per heavy atom. The zero-order chi connectivity index (χ0) is 15.4. The average Bonchev–Trinajstić information content (AvgIpc) is 2.48. The molecule has 0 unspecified atom stereocenters. The van der Waals surface area contributed by atoms with Crippen LogP contribution in [0.2, 0.25) is 5.02 Å². The summed E-state index contributed by atoms with van der Waals surface area (Å²) in [6.45, 7) is 2.19. The average molecular weight is 308 g/mol. The van der Waals surface area contributed by atoms with Crippen LogP contribution in [0.5, 0.6) is 0 Å². The molecule has 0 amide bonds. The Balaban J connectivity index is 2.11. The van der Waals surface area contributed by atoms with Crippen molar-refractivity contribution < 1.29 is 9.60 Å². The second kappa shape index (κ2) is 6.45. The molecule has 0 aromatic heterocycles. The van der Waals surface area contributed by atoms with Crippen molar-refractivity contribution in [2.45, 2.75) is 13.5 Å². The van der Waals surface area contributed by atoms with E-state index in [2.05, 4.69) is 10.5 Å². The van der Waals surface area contributed by atoms with Gasteiger partial charge in [-0.25, -0.2) is 4.39 Å². The van der Waals surface area contributed by atoms with Crippen molar-refractivity contribution in [3.8, 4) is 0 Å². The Bertz CT molecular complexity index is 689. The summed E-state index contributed by atoms with van der Waals surface area (Å²) < 4.78 is 13.2. The summed E-state index contributed by atoms with van der Waals surface area (Å²) in [5.41, 5.74) is 8.29. The first-order valence-electron chi connectivity index (χ1n) is 6.27. The first kappa shape index (κ1) is 15.1. The molecule has 0 atom stereocenters. The lowest BCUT2D eigenvalue weighted by molar-refractivity contribution is 0.318. The highest BCUT2D eigenvalue weighted by Crippen LogP contribution is 2.20. The summed E-state index contributed by atoms with van der Waals surface area (Å²) in [5.74, 6) is -0.229. The van der Waals surface area contributed by atoms with Gasteiger partial charge in [0.05, 0.1) is 0 Å². The molecule has 0 heterocycles. The predicted octanol–water partition coefficient (Wildman–Crippen LogP) is 3.49. The van der Waals surface area contributed by atoms with Crippen LogP contribution in [0.25, 0.3) is 0 Å². The molecule has 0 aliphatic heterocycles. The first-order valence-corrected chi connectivity index (χ1v) is 6.65. The fourth-order valence-corrected chi connectivity index (χ4v) is 2.11. The lowest BCUT2D eigenvalue weighted by Gasteiger charge is -2.10. The van der Waals surface area contributed by atoms with Gasteiger partial charge in [0.2, 0.25) is 0 Å². The molecule has 0 bridgehead atoms. The summed E-state index contributed by atoms with van der Waals surface area (Å²) in [5, 5.41) is 15.2. The van der Waals surface area contributed by atoms with Crippen molar-refractivity contribution in [1.29, 1.82) is 0 Å². The van der Waals surface area contributed by atoms with Gasteiger partial charge in [-0.2, -0.15) is 0 Å². The summed E-state index contributed by atoms with van der Waals surface area (Å²) in [7, 11) is 0. The molecular weight excluding hydrogens is 293 g/mol. The molecule has 2 aromatic carbocycles. The minimum absolute atomic E-state index is 0.00516. The van der Waals surface area contributed by atoms with E-state index in [9.17, 15) is 4.39 Å². The van der Waals surface area contributed by atoms with Crippen LogP contribution in [0.15, 0.2) is 41.6 Å². The van der Waals surface area contributed by atoms with Gasteiger partial charge in [0.15, 0.2) is 5.84 Å². The summed E-state index contributed by atoms with van der Waals surface area (Å²) in [4.78, 5) is 0. The molecule has 0 saturated carbocycles. The van der Waals surface area contributed by atoms with E-state index in [0.717, 1.165) is 11.3 Å². The normalized spacial score (nSPS) is 11.5. The van der Waals surface area contributed by atoms with Crippen LogP contribution in [0.1, 0.15) is 16.7 Å². The van der Waals surface area contributed by atoms with Crippen LogP contribution in [0, 0.1) is 12.7 Å². The second-order valence-corrected chi connectivity index (χ2v) is 5.02. The molecule has 0 radical (unpaired) electrons. The molecule has 0 fully saturated rings. The fourth-order valence-electron chi connectivity index (χ4n) is 1.86. The number of oxime groups is 1. The third-order valence-electron chi connectivity index (χ3n) is 3.10. The van der Waals surface area contributed by atoms with Crippen molar-refractivity contribution in [2.24, 2.45) is 10.9 Å². The SMILES string of the molecule is Cc1cc(NCc2ccc(/C(N)=N/O)cc2Cl)ccc1F. The third-order valence-corrected chi connectivity index (χ3v) is 3.45. The van der Waals surface area contributed by atoms with E-state index in [0.29, 0.717) is 22.7 Å². The first-order chi connectivity index (χ1) is 10.0. The van der Waals surface area contributed by atoms with E-state index in [4.69, 9.17) is 22.5 Å². The van der Waals surface area contributed by atoms with Gasteiger partial charge in [-0.05, 0) is 42.3 Å². The molecule has 2 aromatic rings. The van der Waals surface area contributed by atoms with Gasteiger partial charge in [0.1, 0.15) is 5.82 Å². The number of nitrogens with two attached hydrogens (primary N) is 1. The van der Waals surface area contributed by atoms with Gasteiger partial charge in [-0.3, -0.25) is 0 Å². The monoisotopic (exact) mass is 307 g/mol.